The minimum absolute atomic E-state index is 0.189. The van der Waals surface area contributed by atoms with Crippen molar-refractivity contribution in [1.29, 1.82) is 0 Å². The standard InChI is InChI=1S/C19H27F3N4O.C8H17N3.CH2O/c1-5-26(3,4)18-14-7-6-8-15(14)23-17(24-18)16-11-13(9-10-25(16)2)27-12-19(20,21)22;1-5-10-11(4)7-6-8(2)9-3;1-2/h9-11,17,23H,5-8,12H2,1-4H3;5-6,9H,7H2,1-4H3;1H2/q+2;;/b;8-6+,10-5-;/t17-;;/m1../s1. The molecule has 0 bridgehead atoms. The van der Waals surface area contributed by atoms with Crippen LogP contribution in [0.1, 0.15) is 51.9 Å². The number of aryl methyl sites for hydroxylation is 1. The fourth-order valence-electron chi connectivity index (χ4n) is 4.07. The number of ether oxygens (including phenoxy) is 1. The van der Waals surface area contributed by atoms with E-state index >= 15 is 0 Å². The van der Waals surface area contributed by atoms with E-state index in [9.17, 15) is 13.2 Å². The fraction of sp³-hybridized carbons (Fsp3) is 0.571. The number of amidine groups is 1. The predicted octanol–water partition coefficient (Wildman–Crippen LogP) is 3.85. The molecule has 2 heterocycles. The van der Waals surface area contributed by atoms with Crippen LogP contribution in [0.3, 0.4) is 0 Å². The summed E-state index contributed by atoms with van der Waals surface area (Å²) in [7, 11) is 9.98. The number of hydrogen-bond acceptors (Lipinski definition) is 7. The molecule has 9 nitrogen and oxygen atoms in total. The van der Waals surface area contributed by atoms with E-state index in [-0.39, 0.29) is 11.9 Å². The zero-order valence-corrected chi connectivity index (χ0v) is 25.1. The molecule has 2 aliphatic rings. The molecule has 1 aromatic heterocycles. The summed E-state index contributed by atoms with van der Waals surface area (Å²) in [6, 6.07) is 3.17. The molecule has 0 spiro atoms. The van der Waals surface area contributed by atoms with Gasteiger partial charge in [0.15, 0.2) is 12.8 Å². The minimum atomic E-state index is -4.36. The number of hydrazone groups is 1. The van der Waals surface area contributed by atoms with Crippen molar-refractivity contribution in [2.75, 3.05) is 47.9 Å². The summed E-state index contributed by atoms with van der Waals surface area (Å²) in [5.41, 5.74) is 4.42. The molecule has 0 amide bonds. The normalized spacial score (nSPS) is 17.1. The highest BCUT2D eigenvalue weighted by Gasteiger charge is 2.38. The highest BCUT2D eigenvalue weighted by molar-refractivity contribution is 5.95. The number of quaternary nitrogens is 1. The molecular weight excluding hydrogens is 523 g/mol. The zero-order chi connectivity index (χ0) is 30.5. The summed E-state index contributed by atoms with van der Waals surface area (Å²) < 4.78 is 44.9. The molecular formula is C28H46F3N7O2+2. The Morgan fingerprint density at radius 2 is 2.05 bits per heavy atom. The fourth-order valence-corrected chi connectivity index (χ4v) is 4.07. The van der Waals surface area contributed by atoms with Crippen LogP contribution in [0.2, 0.25) is 0 Å². The summed E-state index contributed by atoms with van der Waals surface area (Å²) in [6.45, 7) is 8.51. The first-order chi connectivity index (χ1) is 18.8. The first-order valence-electron chi connectivity index (χ1n) is 13.2. The van der Waals surface area contributed by atoms with E-state index in [4.69, 9.17) is 14.5 Å². The number of aromatic nitrogens is 1. The van der Waals surface area contributed by atoms with E-state index in [0.717, 1.165) is 43.9 Å². The average Bonchev–Trinajstić information content (AvgIpc) is 3.40. The van der Waals surface area contributed by atoms with Crippen LogP contribution in [-0.2, 0) is 11.8 Å². The molecule has 1 aromatic rings. The Labute approximate surface area is 236 Å². The Morgan fingerprint density at radius 3 is 2.62 bits per heavy atom. The number of allylic oxidation sites excluding steroid dienone is 2. The number of halogens is 3. The van der Waals surface area contributed by atoms with Gasteiger partial charge in [0.1, 0.15) is 19.6 Å². The third-order valence-corrected chi connectivity index (χ3v) is 6.63. The van der Waals surface area contributed by atoms with Crippen molar-refractivity contribution in [2.45, 2.75) is 52.4 Å². The van der Waals surface area contributed by atoms with Crippen molar-refractivity contribution in [3.63, 3.8) is 0 Å². The molecule has 0 saturated heterocycles. The van der Waals surface area contributed by atoms with E-state index < -0.39 is 12.8 Å². The number of carbonyl (C=O) groups excluding carboxylic acids is 1. The van der Waals surface area contributed by atoms with Gasteiger partial charge in [-0.1, -0.05) is 0 Å². The third kappa shape index (κ3) is 10.6. The van der Waals surface area contributed by atoms with Crippen molar-refractivity contribution in [2.24, 2.45) is 17.1 Å². The SMILES string of the molecule is C/C=N\N(C)C/C=C(\C)NC.C=O.CC[N+](C)(C)C1=N[C@H](c2cc(OCC(F)(F)F)cc[n+]2C)NC2=C1CCC2. The van der Waals surface area contributed by atoms with Crippen molar-refractivity contribution in [3.8, 4) is 5.75 Å². The summed E-state index contributed by atoms with van der Waals surface area (Å²) in [5, 5.41) is 12.5. The van der Waals surface area contributed by atoms with Gasteiger partial charge in [-0.3, -0.25) is 9.49 Å². The number of likely N-dealkylation sites (N-methyl/N-ethyl adjacent to an activating group) is 2. The highest BCUT2D eigenvalue weighted by Crippen LogP contribution is 2.34. The molecule has 0 radical (unpaired) electrons. The van der Waals surface area contributed by atoms with E-state index in [1.54, 1.807) is 18.5 Å². The van der Waals surface area contributed by atoms with Crippen molar-refractivity contribution >= 4 is 18.8 Å². The molecule has 2 N–H and O–H groups in total. The van der Waals surface area contributed by atoms with Crippen LogP contribution in [0, 0.1) is 0 Å². The smallest absolute Gasteiger partial charge is 0.422 e. The summed E-state index contributed by atoms with van der Waals surface area (Å²) in [6.07, 6.45) is 3.94. The molecule has 40 heavy (non-hydrogen) atoms. The highest BCUT2D eigenvalue weighted by atomic mass is 19.4. The second kappa shape index (κ2) is 16.0. The number of alkyl halides is 3. The number of rotatable bonds is 8. The Kier molecular flexibility index (Phi) is 13.8. The lowest BCUT2D eigenvalue weighted by Crippen LogP contribution is -2.49. The average molecular weight is 570 g/mol. The maximum atomic E-state index is 12.5. The molecule has 3 rings (SSSR count). The second-order valence-electron chi connectivity index (χ2n) is 9.96. The maximum Gasteiger partial charge on any atom is 0.422 e. The number of nitrogens with one attached hydrogen (secondary N) is 2. The lowest BCUT2D eigenvalue weighted by atomic mass is 10.1. The molecule has 0 fully saturated rings. The molecule has 12 heteroatoms. The van der Waals surface area contributed by atoms with Crippen molar-refractivity contribution in [1.82, 2.24) is 15.6 Å². The second-order valence-corrected chi connectivity index (χ2v) is 9.96. The topological polar surface area (TPSA) is 82.2 Å². The van der Waals surface area contributed by atoms with E-state index in [2.05, 4.69) is 42.8 Å². The van der Waals surface area contributed by atoms with Gasteiger partial charge in [0.25, 0.3) is 0 Å². The predicted molar refractivity (Wildman–Crippen MR) is 153 cm³/mol. The van der Waals surface area contributed by atoms with Crippen LogP contribution >= 0.6 is 0 Å². The van der Waals surface area contributed by atoms with Crippen LogP contribution in [0.15, 0.2) is 51.5 Å². The maximum absolute atomic E-state index is 12.5. The van der Waals surface area contributed by atoms with Gasteiger partial charge in [-0.05, 0) is 46.1 Å². The van der Waals surface area contributed by atoms with Crippen LogP contribution in [-0.4, -0.2) is 82.4 Å². The first-order valence-corrected chi connectivity index (χ1v) is 13.2. The van der Waals surface area contributed by atoms with Crippen LogP contribution in [0.5, 0.6) is 5.75 Å². The van der Waals surface area contributed by atoms with Gasteiger partial charge in [0.2, 0.25) is 17.7 Å². The number of carbonyl (C=O) groups is 1. The monoisotopic (exact) mass is 569 g/mol. The van der Waals surface area contributed by atoms with Gasteiger partial charge in [-0.25, -0.2) is 4.57 Å². The molecule has 1 atom stereocenters. The van der Waals surface area contributed by atoms with Crippen LogP contribution in [0.4, 0.5) is 13.2 Å². The Hall–Kier alpha value is -3.41. The summed E-state index contributed by atoms with van der Waals surface area (Å²) >= 11 is 0. The number of nitrogens with zero attached hydrogens (tertiary/aromatic N) is 5. The Balaban J connectivity index is 0.000000520. The van der Waals surface area contributed by atoms with Gasteiger partial charge in [-0.2, -0.15) is 23.3 Å². The van der Waals surface area contributed by atoms with E-state index in [1.165, 1.54) is 23.0 Å². The van der Waals surface area contributed by atoms with Gasteiger partial charge in [-0.15, -0.1) is 0 Å². The van der Waals surface area contributed by atoms with E-state index in [0.29, 0.717) is 4.48 Å². The lowest BCUT2D eigenvalue weighted by Gasteiger charge is -2.33. The third-order valence-electron chi connectivity index (χ3n) is 6.63. The number of aliphatic imine (C=N–C) groups is 1. The molecule has 0 saturated carbocycles. The molecule has 1 aliphatic heterocycles. The number of hydrogen-bond donors (Lipinski definition) is 2. The first kappa shape index (κ1) is 34.6. The van der Waals surface area contributed by atoms with Gasteiger partial charge >= 0.3 is 6.18 Å². The molecule has 0 aromatic carbocycles. The van der Waals surface area contributed by atoms with Gasteiger partial charge in [0, 0.05) is 37.8 Å². The van der Waals surface area contributed by atoms with Crippen LogP contribution < -0.4 is 19.9 Å². The van der Waals surface area contributed by atoms with Crippen molar-refractivity contribution in [3.05, 3.63) is 47.1 Å². The summed E-state index contributed by atoms with van der Waals surface area (Å²) in [4.78, 5) is 13.0. The lowest BCUT2D eigenvalue weighted by molar-refractivity contribution is -0.797. The molecule has 1 aliphatic carbocycles. The Morgan fingerprint density at radius 1 is 1.38 bits per heavy atom. The van der Waals surface area contributed by atoms with Crippen LogP contribution in [0.25, 0.3) is 0 Å². The number of pyridine rings is 1. The van der Waals surface area contributed by atoms with E-state index in [1.807, 2.05) is 51.4 Å². The molecule has 0 unspecified atom stereocenters. The largest absolute Gasteiger partial charge is 0.484 e. The quantitative estimate of drug-likeness (QED) is 0.215. The Bertz CT molecular complexity index is 1080. The minimum Gasteiger partial charge on any atom is -0.484 e. The molecule has 224 valence electrons. The van der Waals surface area contributed by atoms with Gasteiger partial charge < -0.3 is 20.2 Å². The zero-order valence-electron chi connectivity index (χ0n) is 25.1. The van der Waals surface area contributed by atoms with Gasteiger partial charge in [0.05, 0.1) is 38.8 Å². The van der Waals surface area contributed by atoms with Crippen molar-refractivity contribution < 1.29 is 31.8 Å². The summed E-state index contributed by atoms with van der Waals surface area (Å²) in [5.74, 6) is 1.24.